The second-order valence-corrected chi connectivity index (χ2v) is 4.44. The normalized spacial score (nSPS) is 14.7. The van der Waals surface area contributed by atoms with Crippen LogP contribution in [0.4, 0.5) is 17.8 Å². The van der Waals surface area contributed by atoms with Gasteiger partial charge in [-0.1, -0.05) is 0 Å². The van der Waals surface area contributed by atoms with E-state index < -0.39 is 0 Å². The van der Waals surface area contributed by atoms with E-state index in [1.165, 1.54) is 0 Å². The SMILES string of the molecule is CCNC(=O)CNc1nc(NC)nc(N2CCOCC2)n1. The van der Waals surface area contributed by atoms with Crippen molar-refractivity contribution in [2.75, 3.05) is 62.0 Å². The summed E-state index contributed by atoms with van der Waals surface area (Å²) in [4.78, 5) is 26.4. The van der Waals surface area contributed by atoms with Gasteiger partial charge in [0.2, 0.25) is 23.8 Å². The van der Waals surface area contributed by atoms with Gasteiger partial charge in [-0.15, -0.1) is 0 Å². The first-order valence-electron chi connectivity index (χ1n) is 7.00. The van der Waals surface area contributed by atoms with E-state index in [2.05, 4.69) is 30.9 Å². The van der Waals surface area contributed by atoms with Crippen molar-refractivity contribution in [1.29, 1.82) is 0 Å². The monoisotopic (exact) mass is 295 g/mol. The first-order chi connectivity index (χ1) is 10.2. The summed E-state index contributed by atoms with van der Waals surface area (Å²) in [6.07, 6.45) is 0. The van der Waals surface area contributed by atoms with Gasteiger partial charge in [0.15, 0.2) is 0 Å². The predicted octanol–water partition coefficient (Wildman–Crippen LogP) is -0.702. The Morgan fingerprint density at radius 3 is 2.62 bits per heavy atom. The molecule has 0 spiro atoms. The smallest absolute Gasteiger partial charge is 0.239 e. The zero-order valence-corrected chi connectivity index (χ0v) is 12.3. The lowest BCUT2D eigenvalue weighted by Gasteiger charge is -2.27. The van der Waals surface area contributed by atoms with Crippen molar-refractivity contribution in [3.05, 3.63) is 0 Å². The van der Waals surface area contributed by atoms with Crippen molar-refractivity contribution in [2.45, 2.75) is 6.92 Å². The van der Waals surface area contributed by atoms with Crippen LogP contribution in [-0.4, -0.2) is 67.3 Å². The minimum absolute atomic E-state index is 0.100. The summed E-state index contributed by atoms with van der Waals surface area (Å²) in [5.41, 5.74) is 0. The number of morpholine rings is 1. The molecule has 0 radical (unpaired) electrons. The molecule has 116 valence electrons. The molecule has 1 saturated heterocycles. The number of nitrogens with zero attached hydrogens (tertiary/aromatic N) is 4. The van der Waals surface area contributed by atoms with Gasteiger partial charge < -0.3 is 25.6 Å². The number of amides is 1. The minimum atomic E-state index is -0.100. The first kappa shape index (κ1) is 15.2. The van der Waals surface area contributed by atoms with Crippen LogP contribution in [0.3, 0.4) is 0 Å². The van der Waals surface area contributed by atoms with Gasteiger partial charge in [-0.25, -0.2) is 0 Å². The van der Waals surface area contributed by atoms with Crippen LogP contribution in [0.15, 0.2) is 0 Å². The lowest BCUT2D eigenvalue weighted by molar-refractivity contribution is -0.119. The molecule has 21 heavy (non-hydrogen) atoms. The second kappa shape index (κ2) is 7.58. The van der Waals surface area contributed by atoms with Gasteiger partial charge in [-0.05, 0) is 6.92 Å². The Morgan fingerprint density at radius 1 is 1.24 bits per heavy atom. The zero-order chi connectivity index (χ0) is 15.1. The largest absolute Gasteiger partial charge is 0.378 e. The molecule has 0 atom stereocenters. The number of carbonyl (C=O) groups is 1. The van der Waals surface area contributed by atoms with Crippen molar-refractivity contribution in [3.8, 4) is 0 Å². The highest BCUT2D eigenvalue weighted by atomic mass is 16.5. The highest BCUT2D eigenvalue weighted by molar-refractivity contribution is 5.80. The van der Waals surface area contributed by atoms with Crippen molar-refractivity contribution in [1.82, 2.24) is 20.3 Å². The molecule has 9 heteroatoms. The molecule has 0 unspecified atom stereocenters. The molecule has 0 saturated carbocycles. The van der Waals surface area contributed by atoms with Gasteiger partial charge in [0.25, 0.3) is 0 Å². The molecular formula is C12H21N7O2. The first-order valence-corrected chi connectivity index (χ1v) is 7.00. The third-order valence-corrected chi connectivity index (χ3v) is 2.92. The van der Waals surface area contributed by atoms with Crippen LogP contribution in [0.2, 0.25) is 0 Å². The summed E-state index contributed by atoms with van der Waals surface area (Å²) >= 11 is 0. The van der Waals surface area contributed by atoms with Crippen molar-refractivity contribution < 1.29 is 9.53 Å². The number of aromatic nitrogens is 3. The molecule has 0 aromatic carbocycles. The third-order valence-electron chi connectivity index (χ3n) is 2.92. The van der Waals surface area contributed by atoms with E-state index in [-0.39, 0.29) is 12.5 Å². The van der Waals surface area contributed by atoms with Crippen LogP contribution in [0.1, 0.15) is 6.92 Å². The van der Waals surface area contributed by atoms with Gasteiger partial charge in [-0.2, -0.15) is 15.0 Å². The second-order valence-electron chi connectivity index (χ2n) is 4.44. The molecule has 0 aliphatic carbocycles. The highest BCUT2D eigenvalue weighted by Crippen LogP contribution is 2.14. The zero-order valence-electron chi connectivity index (χ0n) is 12.3. The molecule has 0 bridgehead atoms. The molecular weight excluding hydrogens is 274 g/mol. The van der Waals surface area contributed by atoms with E-state index in [0.29, 0.717) is 37.6 Å². The van der Waals surface area contributed by atoms with E-state index in [9.17, 15) is 4.79 Å². The van der Waals surface area contributed by atoms with Gasteiger partial charge in [-0.3, -0.25) is 4.79 Å². The van der Waals surface area contributed by atoms with Crippen LogP contribution < -0.4 is 20.9 Å². The maximum Gasteiger partial charge on any atom is 0.239 e. The van der Waals surface area contributed by atoms with Crippen LogP contribution >= 0.6 is 0 Å². The summed E-state index contributed by atoms with van der Waals surface area (Å²) in [6, 6.07) is 0. The fourth-order valence-corrected chi connectivity index (χ4v) is 1.88. The topological polar surface area (TPSA) is 104 Å². The van der Waals surface area contributed by atoms with Crippen LogP contribution in [0.25, 0.3) is 0 Å². The highest BCUT2D eigenvalue weighted by Gasteiger charge is 2.16. The number of rotatable bonds is 6. The summed E-state index contributed by atoms with van der Waals surface area (Å²) in [7, 11) is 1.74. The molecule has 1 aromatic rings. The molecule has 1 amide bonds. The number of nitrogens with one attached hydrogen (secondary N) is 3. The predicted molar refractivity (Wildman–Crippen MR) is 79.6 cm³/mol. The third kappa shape index (κ3) is 4.42. The number of hydrogen-bond donors (Lipinski definition) is 3. The molecule has 3 N–H and O–H groups in total. The van der Waals surface area contributed by atoms with Crippen molar-refractivity contribution in [3.63, 3.8) is 0 Å². The molecule has 2 heterocycles. The van der Waals surface area contributed by atoms with Crippen molar-refractivity contribution in [2.24, 2.45) is 0 Å². The lowest BCUT2D eigenvalue weighted by atomic mass is 10.4. The summed E-state index contributed by atoms with van der Waals surface area (Å²) < 4.78 is 5.32. The summed E-state index contributed by atoms with van der Waals surface area (Å²) in [5.74, 6) is 1.32. The maximum atomic E-state index is 11.5. The van der Waals surface area contributed by atoms with Gasteiger partial charge in [0, 0.05) is 26.7 Å². The van der Waals surface area contributed by atoms with E-state index in [4.69, 9.17) is 4.74 Å². The molecule has 1 aliphatic heterocycles. The van der Waals surface area contributed by atoms with Gasteiger partial charge in [0.05, 0.1) is 19.8 Å². The molecule has 1 aliphatic rings. The minimum Gasteiger partial charge on any atom is -0.378 e. The van der Waals surface area contributed by atoms with E-state index in [1.807, 2.05) is 11.8 Å². The Hall–Kier alpha value is -2.16. The lowest BCUT2D eigenvalue weighted by Crippen LogP contribution is -2.37. The number of likely N-dealkylation sites (N-methyl/N-ethyl adjacent to an activating group) is 1. The number of anilines is 3. The fourth-order valence-electron chi connectivity index (χ4n) is 1.88. The van der Waals surface area contributed by atoms with Gasteiger partial charge >= 0.3 is 0 Å². The Labute approximate surface area is 123 Å². The number of ether oxygens (including phenoxy) is 1. The van der Waals surface area contributed by atoms with Crippen LogP contribution in [-0.2, 0) is 9.53 Å². The Morgan fingerprint density at radius 2 is 1.95 bits per heavy atom. The van der Waals surface area contributed by atoms with E-state index in [0.717, 1.165) is 13.1 Å². The van der Waals surface area contributed by atoms with Gasteiger partial charge in [0.1, 0.15) is 0 Å². The number of hydrogen-bond acceptors (Lipinski definition) is 8. The Bertz CT molecular complexity index is 477. The van der Waals surface area contributed by atoms with E-state index in [1.54, 1.807) is 7.05 Å². The Kier molecular flexibility index (Phi) is 5.50. The average Bonchev–Trinajstić information content (AvgIpc) is 2.54. The quantitative estimate of drug-likeness (QED) is 0.633. The fraction of sp³-hybridized carbons (Fsp3) is 0.667. The Balaban J connectivity index is 2.07. The molecule has 1 aromatic heterocycles. The molecule has 2 rings (SSSR count). The average molecular weight is 295 g/mol. The molecule has 1 fully saturated rings. The maximum absolute atomic E-state index is 11.5. The molecule has 9 nitrogen and oxygen atoms in total. The van der Waals surface area contributed by atoms with Crippen molar-refractivity contribution >= 4 is 23.8 Å². The standard InChI is InChI=1S/C12H21N7O2/c1-3-14-9(20)8-15-11-16-10(13-2)17-12(18-11)19-4-6-21-7-5-19/h3-8H2,1-2H3,(H,14,20)(H2,13,15,16,17,18). The summed E-state index contributed by atoms with van der Waals surface area (Å²) in [6.45, 7) is 5.38. The van der Waals surface area contributed by atoms with Crippen LogP contribution in [0, 0.1) is 0 Å². The van der Waals surface area contributed by atoms with Crippen LogP contribution in [0.5, 0.6) is 0 Å². The van der Waals surface area contributed by atoms with E-state index >= 15 is 0 Å². The number of carbonyl (C=O) groups excluding carboxylic acids is 1. The summed E-state index contributed by atoms with van der Waals surface area (Å²) in [5, 5.41) is 8.52.